The molecule has 0 saturated carbocycles. The average molecular weight is 703 g/mol. The molecule has 224 valence electrons. The third-order valence-electron chi connectivity index (χ3n) is 6.61. The lowest BCUT2D eigenvalue weighted by Crippen LogP contribution is -2.53. The molecule has 0 bridgehead atoms. The number of rotatable bonds is 12. The summed E-state index contributed by atoms with van der Waals surface area (Å²) in [6.07, 6.45) is 0.223. The molecule has 4 rings (SSSR count). The largest absolute Gasteiger partial charge is 0.355 e. The predicted molar refractivity (Wildman–Crippen MR) is 175 cm³/mol. The first kappa shape index (κ1) is 32.5. The second-order valence-corrected chi connectivity index (χ2v) is 13.4. The number of carbonyl (C=O) groups excluding carboxylic acids is 2. The van der Waals surface area contributed by atoms with E-state index in [0.29, 0.717) is 6.54 Å². The Morgan fingerprint density at radius 2 is 1.44 bits per heavy atom. The van der Waals surface area contributed by atoms with Crippen LogP contribution in [0.5, 0.6) is 0 Å². The zero-order valence-electron chi connectivity index (χ0n) is 23.3. The number of sulfonamides is 1. The number of nitrogens with one attached hydrogen (secondary N) is 1. The normalized spacial score (nSPS) is 11.9. The Morgan fingerprint density at radius 1 is 0.837 bits per heavy atom. The van der Waals surface area contributed by atoms with Crippen molar-refractivity contribution in [3.8, 4) is 0 Å². The van der Waals surface area contributed by atoms with E-state index in [0.717, 1.165) is 19.9 Å². The Morgan fingerprint density at radius 3 is 2.05 bits per heavy atom. The minimum Gasteiger partial charge on any atom is -0.355 e. The van der Waals surface area contributed by atoms with Crippen LogP contribution in [0.3, 0.4) is 0 Å². The van der Waals surface area contributed by atoms with Crippen molar-refractivity contribution in [2.45, 2.75) is 30.8 Å². The number of likely N-dealkylation sites (N-methyl/N-ethyl adjacent to an activating group) is 1. The molecule has 1 N–H and O–H groups in total. The van der Waals surface area contributed by atoms with Crippen LogP contribution in [0.1, 0.15) is 18.1 Å². The smallest absolute Gasteiger partial charge is 0.264 e. The summed E-state index contributed by atoms with van der Waals surface area (Å²) in [5, 5.41) is 3.26. The van der Waals surface area contributed by atoms with Crippen LogP contribution in [0.15, 0.2) is 112 Å². The summed E-state index contributed by atoms with van der Waals surface area (Å²) in [4.78, 5) is 29.3. The summed E-state index contributed by atoms with van der Waals surface area (Å²) in [5.41, 5.74) is 1.73. The van der Waals surface area contributed by atoms with E-state index in [9.17, 15) is 18.0 Å². The Bertz CT molecular complexity index is 1650. The lowest BCUT2D eigenvalue weighted by Gasteiger charge is -2.34. The standard InChI is InChI=1S/C32H30BrCl2N3O4S/c1-2-36-32(40)30(17-23-10-5-3-6-11-23)37(21-24-12-9-13-25(33)16-24)31(39)22-38(28-19-26(34)18-27(35)20-28)43(41,42)29-14-7-4-8-15-29/h3-16,18-20,30H,2,17,21-22H2,1H3,(H,36,40)/t30-/m1/s1. The summed E-state index contributed by atoms with van der Waals surface area (Å²) in [5.74, 6) is -0.930. The topological polar surface area (TPSA) is 86.8 Å². The predicted octanol–water partition coefficient (Wildman–Crippen LogP) is 6.73. The van der Waals surface area contributed by atoms with Crippen molar-refractivity contribution >= 4 is 66.7 Å². The lowest BCUT2D eigenvalue weighted by atomic mass is 10.0. The molecule has 0 aliphatic rings. The monoisotopic (exact) mass is 701 g/mol. The quantitative estimate of drug-likeness (QED) is 0.178. The van der Waals surface area contributed by atoms with E-state index in [-0.39, 0.29) is 39.5 Å². The van der Waals surface area contributed by atoms with E-state index < -0.39 is 28.5 Å². The van der Waals surface area contributed by atoms with Crippen molar-refractivity contribution in [2.75, 3.05) is 17.4 Å². The summed E-state index contributed by atoms with van der Waals surface area (Å²) >= 11 is 16.0. The summed E-state index contributed by atoms with van der Waals surface area (Å²) in [6.45, 7) is 1.61. The number of carbonyl (C=O) groups is 2. The molecule has 0 fully saturated rings. The molecule has 2 amide bonds. The molecule has 4 aromatic carbocycles. The van der Waals surface area contributed by atoms with Gasteiger partial charge in [-0.05, 0) is 60.5 Å². The van der Waals surface area contributed by atoms with Gasteiger partial charge in [0, 0.05) is 34.0 Å². The minimum absolute atomic E-state index is 0.0120. The van der Waals surface area contributed by atoms with Gasteiger partial charge in [-0.1, -0.05) is 99.8 Å². The zero-order valence-corrected chi connectivity index (χ0v) is 27.2. The van der Waals surface area contributed by atoms with Crippen LogP contribution in [0.25, 0.3) is 0 Å². The van der Waals surface area contributed by atoms with E-state index in [2.05, 4.69) is 21.2 Å². The van der Waals surface area contributed by atoms with Crippen molar-refractivity contribution in [3.63, 3.8) is 0 Å². The number of benzene rings is 4. The van der Waals surface area contributed by atoms with Crippen LogP contribution < -0.4 is 9.62 Å². The molecule has 0 aromatic heterocycles. The maximum Gasteiger partial charge on any atom is 0.264 e. The minimum atomic E-state index is -4.25. The van der Waals surface area contributed by atoms with E-state index >= 15 is 0 Å². The molecule has 0 unspecified atom stereocenters. The second-order valence-electron chi connectivity index (χ2n) is 9.70. The highest BCUT2D eigenvalue weighted by atomic mass is 79.9. The highest BCUT2D eigenvalue weighted by Crippen LogP contribution is 2.30. The third kappa shape index (κ3) is 8.60. The first-order valence-corrected chi connectivity index (χ1v) is 16.5. The Labute approximate surface area is 270 Å². The van der Waals surface area contributed by atoms with Crippen LogP contribution in [-0.4, -0.2) is 44.3 Å². The number of amides is 2. The van der Waals surface area contributed by atoms with E-state index in [1.54, 1.807) is 25.1 Å². The number of anilines is 1. The van der Waals surface area contributed by atoms with Crippen molar-refractivity contribution < 1.29 is 18.0 Å². The first-order valence-electron chi connectivity index (χ1n) is 13.5. The molecule has 7 nitrogen and oxygen atoms in total. The lowest BCUT2D eigenvalue weighted by molar-refractivity contribution is -0.140. The van der Waals surface area contributed by atoms with Gasteiger partial charge >= 0.3 is 0 Å². The molecule has 1 atom stereocenters. The molecular formula is C32H30BrCl2N3O4S. The molecule has 0 radical (unpaired) electrons. The molecule has 0 heterocycles. The molecule has 0 aliphatic heterocycles. The van der Waals surface area contributed by atoms with Gasteiger partial charge in [0.1, 0.15) is 12.6 Å². The molecule has 11 heteroatoms. The highest BCUT2D eigenvalue weighted by molar-refractivity contribution is 9.10. The van der Waals surface area contributed by atoms with Crippen LogP contribution in [0, 0.1) is 0 Å². The van der Waals surface area contributed by atoms with Crippen LogP contribution in [0.2, 0.25) is 10.0 Å². The average Bonchev–Trinajstić information content (AvgIpc) is 2.98. The van der Waals surface area contributed by atoms with Crippen molar-refractivity contribution in [1.29, 1.82) is 0 Å². The number of halogens is 3. The Balaban J connectivity index is 1.81. The Kier molecular flexibility index (Phi) is 11.3. The van der Waals surface area contributed by atoms with Gasteiger partial charge in [0.05, 0.1) is 10.6 Å². The fourth-order valence-corrected chi connectivity index (χ4v) is 6.99. The van der Waals surface area contributed by atoms with Crippen LogP contribution in [-0.2, 0) is 32.6 Å². The Hall–Kier alpha value is -3.37. The molecule has 43 heavy (non-hydrogen) atoms. The third-order valence-corrected chi connectivity index (χ3v) is 9.33. The maximum absolute atomic E-state index is 14.4. The van der Waals surface area contributed by atoms with E-state index in [1.165, 1.54) is 35.2 Å². The summed E-state index contributed by atoms with van der Waals surface area (Å²) in [6, 6.07) is 28.0. The number of nitrogens with zero attached hydrogens (tertiary/aromatic N) is 2. The summed E-state index contributed by atoms with van der Waals surface area (Å²) in [7, 11) is -4.25. The van der Waals surface area contributed by atoms with Gasteiger partial charge in [0.15, 0.2) is 0 Å². The van der Waals surface area contributed by atoms with Crippen molar-refractivity contribution in [2.24, 2.45) is 0 Å². The van der Waals surface area contributed by atoms with Gasteiger partial charge in [0.25, 0.3) is 10.0 Å². The maximum atomic E-state index is 14.4. The second kappa shape index (κ2) is 14.9. The van der Waals surface area contributed by atoms with Gasteiger partial charge < -0.3 is 10.2 Å². The first-order chi connectivity index (χ1) is 20.6. The fraction of sp³-hybridized carbons (Fsp3) is 0.188. The van der Waals surface area contributed by atoms with Crippen molar-refractivity contribution in [1.82, 2.24) is 10.2 Å². The van der Waals surface area contributed by atoms with Crippen LogP contribution >= 0.6 is 39.1 Å². The highest BCUT2D eigenvalue weighted by Gasteiger charge is 2.34. The van der Waals surface area contributed by atoms with Gasteiger partial charge in [-0.15, -0.1) is 0 Å². The molecular weight excluding hydrogens is 673 g/mol. The van der Waals surface area contributed by atoms with Crippen LogP contribution in [0.4, 0.5) is 5.69 Å². The molecule has 0 spiro atoms. The van der Waals surface area contributed by atoms with Crippen molar-refractivity contribution in [3.05, 3.63) is 129 Å². The van der Waals surface area contributed by atoms with E-state index in [4.69, 9.17) is 23.2 Å². The van der Waals surface area contributed by atoms with Gasteiger partial charge in [-0.2, -0.15) is 0 Å². The van der Waals surface area contributed by atoms with E-state index in [1.807, 2.05) is 54.6 Å². The zero-order chi connectivity index (χ0) is 31.0. The molecule has 0 saturated heterocycles. The molecule has 0 aliphatic carbocycles. The van der Waals surface area contributed by atoms with Gasteiger partial charge in [-0.3, -0.25) is 13.9 Å². The van der Waals surface area contributed by atoms with Gasteiger partial charge in [-0.25, -0.2) is 8.42 Å². The fourth-order valence-electron chi connectivity index (χ4n) is 4.61. The number of hydrogen-bond acceptors (Lipinski definition) is 4. The van der Waals surface area contributed by atoms with Gasteiger partial charge in [0.2, 0.25) is 11.8 Å². The SMILES string of the molecule is CCNC(=O)[C@@H](Cc1ccccc1)N(Cc1cccc(Br)c1)C(=O)CN(c1cc(Cl)cc(Cl)c1)S(=O)(=O)c1ccccc1. The molecule has 4 aromatic rings. The number of hydrogen-bond donors (Lipinski definition) is 1. The summed E-state index contributed by atoms with van der Waals surface area (Å²) < 4.78 is 29.8.